The molecule has 0 unspecified atom stereocenters. The highest BCUT2D eigenvalue weighted by atomic mass is 16.7. The van der Waals surface area contributed by atoms with E-state index in [1.54, 1.807) is 0 Å². The molecule has 0 atom stereocenters. The van der Waals surface area contributed by atoms with Crippen molar-refractivity contribution in [3.8, 4) is 23.0 Å². The molecule has 0 spiro atoms. The lowest BCUT2D eigenvalue weighted by molar-refractivity contribution is 0.0973. The van der Waals surface area contributed by atoms with Gasteiger partial charge < -0.3 is 19.7 Å². The summed E-state index contributed by atoms with van der Waals surface area (Å²) in [7, 11) is 0. The number of para-hydroxylation sites is 1. The normalized spacial score (nSPS) is 12.3. The minimum Gasteiger partial charge on any atom is -0.507 e. The second-order valence-corrected chi connectivity index (χ2v) is 6.87. The molecule has 2 N–H and O–H groups in total. The number of unbranched alkanes of at least 4 members (excludes halogenated alkanes) is 5. The first kappa shape index (κ1) is 19.1. The van der Waals surface area contributed by atoms with Crippen molar-refractivity contribution in [1.29, 1.82) is 0 Å². The van der Waals surface area contributed by atoms with E-state index >= 15 is 0 Å². The largest absolute Gasteiger partial charge is 0.507 e. The lowest BCUT2D eigenvalue weighted by atomic mass is 10.0. The van der Waals surface area contributed by atoms with Gasteiger partial charge in [0.05, 0.1) is 0 Å². The standard InChI is InChI=1S/C22H26O5/c23-17(21-18(24)12-8-13-19(21)25)11-6-4-2-1-3-5-9-16-10-7-14-20-22(16)27-15-26-20/h7-8,10,12-14,24-25H,1-6,9,11,15H2. The fraction of sp³-hybridized carbons (Fsp3) is 0.409. The van der Waals surface area contributed by atoms with Crippen LogP contribution in [-0.2, 0) is 6.42 Å². The third-order valence-corrected chi connectivity index (χ3v) is 4.88. The summed E-state index contributed by atoms with van der Waals surface area (Å²) < 4.78 is 10.9. The highest BCUT2D eigenvalue weighted by molar-refractivity contribution is 6.01. The van der Waals surface area contributed by atoms with E-state index in [0.29, 0.717) is 13.2 Å². The first-order valence-electron chi connectivity index (χ1n) is 9.58. The number of carbonyl (C=O) groups is 1. The molecule has 1 aliphatic rings. The van der Waals surface area contributed by atoms with Crippen molar-refractivity contribution in [3.05, 3.63) is 47.5 Å². The molecule has 144 valence electrons. The molecule has 0 aliphatic carbocycles. The van der Waals surface area contributed by atoms with Gasteiger partial charge in [-0.3, -0.25) is 4.79 Å². The maximum atomic E-state index is 12.1. The number of hydrogen-bond donors (Lipinski definition) is 2. The van der Waals surface area contributed by atoms with Crippen LogP contribution in [0.3, 0.4) is 0 Å². The Hall–Kier alpha value is -2.69. The minimum absolute atomic E-state index is 0.0408. The van der Waals surface area contributed by atoms with Gasteiger partial charge in [0.2, 0.25) is 6.79 Å². The van der Waals surface area contributed by atoms with Gasteiger partial charge in [0.15, 0.2) is 17.3 Å². The van der Waals surface area contributed by atoms with Gasteiger partial charge in [-0.25, -0.2) is 0 Å². The molecule has 2 aromatic carbocycles. The number of fused-ring (bicyclic) bond motifs is 1. The second-order valence-electron chi connectivity index (χ2n) is 6.87. The molecule has 2 aromatic rings. The summed E-state index contributed by atoms with van der Waals surface area (Å²) in [6.07, 6.45) is 7.51. The molecule has 0 fully saturated rings. The van der Waals surface area contributed by atoms with Gasteiger partial charge in [0, 0.05) is 6.42 Å². The SMILES string of the molecule is O=C(CCCCCCCCc1cccc2c1OCO2)c1c(O)cccc1O. The highest BCUT2D eigenvalue weighted by Crippen LogP contribution is 2.36. The van der Waals surface area contributed by atoms with Crippen LogP contribution in [0, 0.1) is 0 Å². The molecule has 0 aromatic heterocycles. The summed E-state index contributed by atoms with van der Waals surface area (Å²) in [6, 6.07) is 10.4. The zero-order valence-electron chi connectivity index (χ0n) is 15.4. The van der Waals surface area contributed by atoms with Gasteiger partial charge in [-0.05, 0) is 43.0 Å². The quantitative estimate of drug-likeness (QED) is 0.455. The van der Waals surface area contributed by atoms with Crippen LogP contribution in [0.1, 0.15) is 60.9 Å². The maximum Gasteiger partial charge on any atom is 0.231 e. The maximum absolute atomic E-state index is 12.1. The van der Waals surface area contributed by atoms with Crippen molar-refractivity contribution < 1.29 is 24.5 Å². The average molecular weight is 370 g/mol. The Balaban J connectivity index is 1.29. The van der Waals surface area contributed by atoms with Gasteiger partial charge in [-0.2, -0.15) is 0 Å². The van der Waals surface area contributed by atoms with E-state index in [9.17, 15) is 15.0 Å². The molecule has 3 rings (SSSR count). The molecular weight excluding hydrogens is 344 g/mol. The molecule has 0 bridgehead atoms. The molecule has 27 heavy (non-hydrogen) atoms. The molecule has 0 saturated carbocycles. The molecule has 5 heteroatoms. The zero-order chi connectivity index (χ0) is 19.1. The smallest absolute Gasteiger partial charge is 0.231 e. The van der Waals surface area contributed by atoms with E-state index in [-0.39, 0.29) is 22.8 Å². The van der Waals surface area contributed by atoms with Crippen LogP contribution in [0.4, 0.5) is 0 Å². The van der Waals surface area contributed by atoms with Crippen molar-refractivity contribution in [3.63, 3.8) is 0 Å². The van der Waals surface area contributed by atoms with Crippen LogP contribution >= 0.6 is 0 Å². The third kappa shape index (κ3) is 4.94. The summed E-state index contributed by atoms with van der Waals surface area (Å²) in [6.45, 7) is 0.309. The number of rotatable bonds is 10. The first-order valence-corrected chi connectivity index (χ1v) is 9.58. The number of phenols is 2. The number of hydrogen-bond acceptors (Lipinski definition) is 5. The lowest BCUT2D eigenvalue weighted by Crippen LogP contribution is -2.00. The fourth-order valence-corrected chi connectivity index (χ4v) is 3.43. The molecule has 1 aliphatic heterocycles. The van der Waals surface area contributed by atoms with Gasteiger partial charge in [0.25, 0.3) is 0 Å². The number of aromatic hydroxyl groups is 2. The molecule has 0 amide bonds. The number of Topliss-reactive ketones (excluding diaryl/α,β-unsaturated/α-hetero) is 1. The van der Waals surface area contributed by atoms with Crippen LogP contribution in [0.5, 0.6) is 23.0 Å². The Bertz CT molecular complexity index is 764. The Labute approximate surface area is 159 Å². The number of ketones is 1. The highest BCUT2D eigenvalue weighted by Gasteiger charge is 2.17. The predicted octanol–water partition coefficient (Wildman–Crippen LogP) is 4.98. The summed E-state index contributed by atoms with van der Waals surface area (Å²) in [5.41, 5.74) is 1.25. The Morgan fingerprint density at radius 1 is 0.852 bits per heavy atom. The summed E-state index contributed by atoms with van der Waals surface area (Å²) in [5.74, 6) is 1.23. The summed E-state index contributed by atoms with van der Waals surface area (Å²) in [4.78, 5) is 12.1. The fourth-order valence-electron chi connectivity index (χ4n) is 3.43. The van der Waals surface area contributed by atoms with E-state index in [2.05, 4.69) is 6.07 Å². The summed E-state index contributed by atoms with van der Waals surface area (Å²) >= 11 is 0. The van der Waals surface area contributed by atoms with Gasteiger partial charge in [0.1, 0.15) is 17.1 Å². The van der Waals surface area contributed by atoms with Crippen molar-refractivity contribution in [2.24, 2.45) is 0 Å². The molecule has 5 nitrogen and oxygen atoms in total. The van der Waals surface area contributed by atoms with Gasteiger partial charge in [-0.15, -0.1) is 0 Å². The van der Waals surface area contributed by atoms with E-state index in [4.69, 9.17) is 9.47 Å². The van der Waals surface area contributed by atoms with Gasteiger partial charge in [-0.1, -0.05) is 43.9 Å². The van der Waals surface area contributed by atoms with Crippen molar-refractivity contribution >= 4 is 5.78 Å². The van der Waals surface area contributed by atoms with E-state index < -0.39 is 0 Å². The molecule has 0 saturated heterocycles. The number of benzene rings is 2. The minimum atomic E-state index is -0.203. The van der Waals surface area contributed by atoms with Crippen LogP contribution in [0.25, 0.3) is 0 Å². The van der Waals surface area contributed by atoms with Crippen LogP contribution in [0.2, 0.25) is 0 Å². The third-order valence-electron chi connectivity index (χ3n) is 4.88. The average Bonchev–Trinajstić information content (AvgIpc) is 3.13. The Morgan fingerprint density at radius 3 is 2.30 bits per heavy atom. The lowest BCUT2D eigenvalue weighted by Gasteiger charge is -2.07. The van der Waals surface area contributed by atoms with E-state index in [1.807, 2.05) is 12.1 Å². The molecule has 0 radical (unpaired) electrons. The van der Waals surface area contributed by atoms with Crippen LogP contribution in [-0.4, -0.2) is 22.8 Å². The topological polar surface area (TPSA) is 76.0 Å². The van der Waals surface area contributed by atoms with Crippen molar-refractivity contribution in [1.82, 2.24) is 0 Å². The zero-order valence-corrected chi connectivity index (χ0v) is 15.4. The molecule has 1 heterocycles. The van der Waals surface area contributed by atoms with Crippen molar-refractivity contribution in [2.75, 3.05) is 6.79 Å². The van der Waals surface area contributed by atoms with E-state index in [0.717, 1.165) is 56.4 Å². The second kappa shape index (κ2) is 9.31. The van der Waals surface area contributed by atoms with Crippen molar-refractivity contribution in [2.45, 2.75) is 51.4 Å². The Morgan fingerprint density at radius 2 is 1.52 bits per heavy atom. The van der Waals surface area contributed by atoms with E-state index in [1.165, 1.54) is 23.8 Å². The summed E-state index contributed by atoms with van der Waals surface area (Å²) in [5, 5.41) is 19.4. The number of carbonyl (C=O) groups excluding carboxylic acids is 1. The number of aryl methyl sites for hydroxylation is 1. The van der Waals surface area contributed by atoms with Gasteiger partial charge >= 0.3 is 0 Å². The molecular formula is C22H26O5. The number of ether oxygens (including phenoxy) is 2. The van der Waals surface area contributed by atoms with Crippen LogP contribution in [0.15, 0.2) is 36.4 Å². The number of phenolic OH excluding ortho intramolecular Hbond substituents is 2. The first-order chi connectivity index (χ1) is 13.2. The predicted molar refractivity (Wildman–Crippen MR) is 103 cm³/mol. The monoisotopic (exact) mass is 370 g/mol. The van der Waals surface area contributed by atoms with Crippen LogP contribution < -0.4 is 9.47 Å². The Kier molecular flexibility index (Phi) is 6.58.